The number of nitrogen functional groups attached to an aromatic ring is 2. The van der Waals surface area contributed by atoms with Crippen LogP contribution in [0, 0.1) is 0 Å². The summed E-state index contributed by atoms with van der Waals surface area (Å²) in [5.41, 5.74) is 11.5. The van der Waals surface area contributed by atoms with E-state index in [-0.39, 0.29) is 22.5 Å². The molecule has 0 radical (unpaired) electrons. The maximum absolute atomic E-state index is 11.6. The number of benzene rings is 2. The molecular weight excluding hydrogens is 332 g/mol. The third kappa shape index (κ3) is 2.90. The first-order chi connectivity index (χ1) is 10.0. The zero-order valence-electron chi connectivity index (χ0n) is 11.0. The average molecular weight is 344 g/mol. The van der Waals surface area contributed by atoms with E-state index < -0.39 is 30.0 Å². The molecule has 0 saturated heterocycles. The van der Waals surface area contributed by atoms with Gasteiger partial charge in [-0.2, -0.15) is 16.8 Å². The van der Waals surface area contributed by atoms with Crippen molar-refractivity contribution in [3.05, 3.63) is 36.4 Å². The summed E-state index contributed by atoms with van der Waals surface area (Å²) in [6.07, 6.45) is 0. The second-order valence-corrected chi connectivity index (χ2v) is 7.14. The van der Waals surface area contributed by atoms with Gasteiger partial charge in [-0.05, 0) is 12.1 Å². The Labute approximate surface area is 126 Å². The number of hydrogen-bond donors (Lipinski definition) is 4. The van der Waals surface area contributed by atoms with Gasteiger partial charge in [0, 0.05) is 11.1 Å². The van der Waals surface area contributed by atoms with Gasteiger partial charge in [-0.25, -0.2) is 0 Å². The van der Waals surface area contributed by atoms with Gasteiger partial charge in [0.1, 0.15) is 9.79 Å². The van der Waals surface area contributed by atoms with E-state index >= 15 is 0 Å². The van der Waals surface area contributed by atoms with Crippen LogP contribution in [0.4, 0.5) is 11.4 Å². The Hall–Kier alpha value is -2.14. The molecule has 0 aromatic heterocycles. The molecule has 0 atom stereocenters. The van der Waals surface area contributed by atoms with Crippen LogP contribution in [0.25, 0.3) is 11.1 Å². The highest BCUT2D eigenvalue weighted by Crippen LogP contribution is 2.37. The van der Waals surface area contributed by atoms with Crippen LogP contribution in [-0.4, -0.2) is 25.9 Å². The van der Waals surface area contributed by atoms with Crippen molar-refractivity contribution in [1.82, 2.24) is 0 Å². The molecule has 10 heteroatoms. The van der Waals surface area contributed by atoms with Gasteiger partial charge < -0.3 is 11.5 Å². The predicted molar refractivity (Wildman–Crippen MR) is 80.3 cm³/mol. The highest BCUT2D eigenvalue weighted by molar-refractivity contribution is 7.89. The van der Waals surface area contributed by atoms with Crippen LogP contribution in [0.5, 0.6) is 0 Å². The topological polar surface area (TPSA) is 161 Å². The summed E-state index contributed by atoms with van der Waals surface area (Å²) < 4.78 is 64.4. The summed E-state index contributed by atoms with van der Waals surface area (Å²) in [6, 6.07) is 7.65. The quantitative estimate of drug-likeness (QED) is 0.474. The number of hydrogen-bond acceptors (Lipinski definition) is 6. The highest BCUT2D eigenvalue weighted by atomic mass is 32.2. The lowest BCUT2D eigenvalue weighted by molar-refractivity contribution is 0.467. The number of para-hydroxylation sites is 1. The van der Waals surface area contributed by atoms with Crippen molar-refractivity contribution >= 4 is 31.6 Å². The maximum Gasteiger partial charge on any atom is 0.296 e. The van der Waals surface area contributed by atoms with E-state index in [0.29, 0.717) is 0 Å². The van der Waals surface area contributed by atoms with E-state index in [2.05, 4.69) is 0 Å². The van der Waals surface area contributed by atoms with Crippen LogP contribution in [0.15, 0.2) is 46.2 Å². The van der Waals surface area contributed by atoms with Gasteiger partial charge in [-0.3, -0.25) is 9.11 Å². The van der Waals surface area contributed by atoms with Gasteiger partial charge in [0.25, 0.3) is 20.2 Å². The molecule has 2 rings (SSSR count). The molecule has 0 bridgehead atoms. The minimum absolute atomic E-state index is 0.0138. The molecule has 0 aliphatic carbocycles. The summed E-state index contributed by atoms with van der Waals surface area (Å²) >= 11 is 0. The molecule has 0 saturated carbocycles. The summed E-state index contributed by atoms with van der Waals surface area (Å²) in [4.78, 5) is -1.91. The van der Waals surface area contributed by atoms with E-state index in [1.165, 1.54) is 30.3 Å². The molecule has 22 heavy (non-hydrogen) atoms. The van der Waals surface area contributed by atoms with Crippen molar-refractivity contribution in [3.63, 3.8) is 0 Å². The molecule has 0 amide bonds. The molecule has 8 nitrogen and oxygen atoms in total. The van der Waals surface area contributed by atoms with E-state index in [9.17, 15) is 21.4 Å². The van der Waals surface area contributed by atoms with Crippen LogP contribution in [0.3, 0.4) is 0 Å². The first-order valence-corrected chi connectivity index (χ1v) is 8.64. The van der Waals surface area contributed by atoms with E-state index in [0.717, 1.165) is 6.07 Å². The lowest BCUT2D eigenvalue weighted by atomic mass is 10.0. The van der Waals surface area contributed by atoms with Crippen LogP contribution >= 0.6 is 0 Å². The Balaban J connectivity index is 2.98. The molecule has 118 valence electrons. The summed E-state index contributed by atoms with van der Waals surface area (Å²) in [5.74, 6) is 0. The lowest BCUT2D eigenvalue weighted by Gasteiger charge is -2.13. The predicted octanol–water partition coefficient (Wildman–Crippen LogP) is 1.01. The smallest absolute Gasteiger partial charge is 0.296 e. The Kier molecular flexibility index (Phi) is 3.87. The second kappa shape index (κ2) is 5.25. The number of anilines is 2. The monoisotopic (exact) mass is 344 g/mol. The van der Waals surface area contributed by atoms with Gasteiger partial charge in [-0.15, -0.1) is 0 Å². The zero-order valence-corrected chi connectivity index (χ0v) is 12.6. The van der Waals surface area contributed by atoms with Crippen LogP contribution in [0.2, 0.25) is 0 Å². The van der Waals surface area contributed by atoms with E-state index in [1.54, 1.807) is 0 Å². The van der Waals surface area contributed by atoms with Crippen LogP contribution < -0.4 is 11.5 Å². The van der Waals surface area contributed by atoms with Crippen molar-refractivity contribution in [2.24, 2.45) is 0 Å². The minimum atomic E-state index is -4.96. The Morgan fingerprint density at radius 1 is 0.773 bits per heavy atom. The summed E-state index contributed by atoms with van der Waals surface area (Å²) in [7, 11) is -9.84. The SMILES string of the molecule is Nc1cccc(-c2cccc(S(=O)(=O)O)c2S(=O)(=O)O)c1N. The average Bonchev–Trinajstić information content (AvgIpc) is 2.39. The van der Waals surface area contributed by atoms with Crippen LogP contribution in [-0.2, 0) is 20.2 Å². The molecule has 6 N–H and O–H groups in total. The second-order valence-electron chi connectivity index (χ2n) is 4.39. The van der Waals surface area contributed by atoms with Gasteiger partial charge >= 0.3 is 0 Å². The van der Waals surface area contributed by atoms with Gasteiger partial charge in [0.2, 0.25) is 0 Å². The standard InChI is InChI=1S/C12H12N2O6S2/c13-9-5-1-3-7(11(9)14)8-4-2-6-10(21(15,16)17)12(8)22(18,19)20/h1-6H,13-14H2,(H,15,16,17)(H,18,19,20). The van der Waals surface area contributed by atoms with E-state index in [4.69, 9.17) is 16.0 Å². The summed E-state index contributed by atoms with van der Waals surface area (Å²) in [6.45, 7) is 0. The molecule has 2 aromatic rings. The van der Waals surface area contributed by atoms with Crippen molar-refractivity contribution in [2.45, 2.75) is 9.79 Å². The minimum Gasteiger partial charge on any atom is -0.397 e. The first-order valence-electron chi connectivity index (χ1n) is 5.76. The first kappa shape index (κ1) is 16.2. The van der Waals surface area contributed by atoms with Crippen molar-refractivity contribution < 1.29 is 25.9 Å². The Morgan fingerprint density at radius 2 is 1.32 bits per heavy atom. The number of rotatable bonds is 3. The van der Waals surface area contributed by atoms with Gasteiger partial charge in [0.05, 0.1) is 11.4 Å². The Morgan fingerprint density at radius 3 is 1.86 bits per heavy atom. The molecule has 0 aliphatic heterocycles. The fourth-order valence-corrected chi connectivity index (χ4v) is 4.02. The molecule has 0 heterocycles. The fraction of sp³-hybridized carbons (Fsp3) is 0. The zero-order chi connectivity index (χ0) is 16.7. The highest BCUT2D eigenvalue weighted by Gasteiger charge is 2.28. The summed E-state index contributed by atoms with van der Waals surface area (Å²) in [5, 5.41) is 0. The van der Waals surface area contributed by atoms with Gasteiger partial charge in [0.15, 0.2) is 0 Å². The van der Waals surface area contributed by atoms with Crippen molar-refractivity contribution in [1.29, 1.82) is 0 Å². The Bertz CT molecular complexity index is 952. The van der Waals surface area contributed by atoms with Crippen molar-refractivity contribution in [2.75, 3.05) is 11.5 Å². The van der Waals surface area contributed by atoms with Crippen LogP contribution in [0.1, 0.15) is 0 Å². The third-order valence-corrected chi connectivity index (χ3v) is 4.93. The molecular formula is C12H12N2O6S2. The molecule has 0 spiro atoms. The molecule has 0 fully saturated rings. The molecule has 0 unspecified atom stereocenters. The molecule has 0 aliphatic rings. The van der Waals surface area contributed by atoms with E-state index in [1.807, 2.05) is 0 Å². The number of nitrogens with two attached hydrogens (primary N) is 2. The third-order valence-electron chi connectivity index (χ3n) is 2.94. The normalized spacial score (nSPS) is 12.3. The largest absolute Gasteiger partial charge is 0.397 e. The van der Waals surface area contributed by atoms with Crippen molar-refractivity contribution in [3.8, 4) is 11.1 Å². The fourth-order valence-electron chi connectivity index (χ4n) is 2.02. The van der Waals surface area contributed by atoms with Gasteiger partial charge in [-0.1, -0.05) is 24.3 Å². The molecule has 2 aromatic carbocycles. The lowest BCUT2D eigenvalue weighted by Crippen LogP contribution is -2.10. The maximum atomic E-state index is 11.6.